The van der Waals surface area contributed by atoms with Crippen LogP contribution >= 0.6 is 0 Å². The largest absolute Gasteiger partial charge is 0.444 e. The average molecular weight is 421 g/mol. The van der Waals surface area contributed by atoms with E-state index in [1.165, 1.54) is 12.1 Å². The number of piperidine rings is 1. The summed E-state index contributed by atoms with van der Waals surface area (Å²) in [6, 6.07) is 8.84. The number of alkyl halides is 3. The number of nitrogens with zero attached hydrogens (tertiary/aromatic N) is 3. The van der Waals surface area contributed by atoms with Gasteiger partial charge in [0.1, 0.15) is 5.60 Å². The highest BCUT2D eigenvalue weighted by atomic mass is 19.4. The molecule has 1 aliphatic heterocycles. The molecule has 30 heavy (non-hydrogen) atoms. The van der Waals surface area contributed by atoms with Crippen molar-refractivity contribution in [1.82, 2.24) is 9.88 Å². The lowest BCUT2D eigenvalue weighted by atomic mass is 10.0. The zero-order valence-electron chi connectivity index (χ0n) is 17.3. The van der Waals surface area contributed by atoms with E-state index < -0.39 is 17.3 Å². The van der Waals surface area contributed by atoms with Crippen molar-refractivity contribution in [3.63, 3.8) is 0 Å². The molecule has 162 valence electrons. The SMILES string of the molecule is CC(C)(C)OC(=O)N1CCC(N(c2ccc(C(F)(F)F)cc2)c2cccnc2)CC1. The second kappa shape index (κ2) is 8.53. The molecule has 1 aromatic carbocycles. The number of hydrogen-bond donors (Lipinski definition) is 0. The molecule has 1 amide bonds. The maximum atomic E-state index is 13.0. The topological polar surface area (TPSA) is 45.7 Å². The van der Waals surface area contributed by atoms with Crippen molar-refractivity contribution in [1.29, 1.82) is 0 Å². The average Bonchev–Trinajstić information content (AvgIpc) is 2.68. The molecule has 0 bridgehead atoms. The van der Waals surface area contributed by atoms with E-state index in [4.69, 9.17) is 4.74 Å². The Morgan fingerprint density at radius 1 is 1.07 bits per heavy atom. The third-order valence-corrected chi connectivity index (χ3v) is 4.88. The Hall–Kier alpha value is -2.77. The molecule has 0 radical (unpaired) electrons. The van der Waals surface area contributed by atoms with E-state index in [1.807, 2.05) is 31.7 Å². The van der Waals surface area contributed by atoms with Crippen molar-refractivity contribution >= 4 is 17.5 Å². The van der Waals surface area contributed by atoms with Gasteiger partial charge in [-0.05, 0) is 70.0 Å². The van der Waals surface area contributed by atoms with Gasteiger partial charge in [-0.2, -0.15) is 13.2 Å². The number of aromatic nitrogens is 1. The molecule has 5 nitrogen and oxygen atoms in total. The summed E-state index contributed by atoms with van der Waals surface area (Å²) < 4.78 is 44.3. The van der Waals surface area contributed by atoms with Crippen molar-refractivity contribution in [2.45, 2.75) is 51.4 Å². The van der Waals surface area contributed by atoms with Gasteiger partial charge in [0.05, 0.1) is 17.4 Å². The Morgan fingerprint density at radius 3 is 2.20 bits per heavy atom. The first-order chi connectivity index (χ1) is 14.0. The Morgan fingerprint density at radius 2 is 1.70 bits per heavy atom. The van der Waals surface area contributed by atoms with Crippen LogP contribution in [-0.2, 0) is 10.9 Å². The van der Waals surface area contributed by atoms with Crippen LogP contribution in [0.25, 0.3) is 0 Å². The summed E-state index contributed by atoms with van der Waals surface area (Å²) in [6.07, 6.45) is -0.0542. The van der Waals surface area contributed by atoms with Crippen molar-refractivity contribution in [2.24, 2.45) is 0 Å². The first-order valence-corrected chi connectivity index (χ1v) is 9.89. The molecule has 2 heterocycles. The summed E-state index contributed by atoms with van der Waals surface area (Å²) in [5.74, 6) is 0. The number of likely N-dealkylation sites (tertiary alicyclic amines) is 1. The monoisotopic (exact) mass is 421 g/mol. The molecule has 0 unspecified atom stereocenters. The van der Waals surface area contributed by atoms with Gasteiger partial charge in [-0.15, -0.1) is 0 Å². The maximum absolute atomic E-state index is 13.0. The second-order valence-corrected chi connectivity index (χ2v) is 8.32. The molecule has 3 rings (SSSR count). The number of anilines is 2. The number of amides is 1. The van der Waals surface area contributed by atoms with Gasteiger partial charge >= 0.3 is 12.3 Å². The van der Waals surface area contributed by atoms with Gasteiger partial charge in [0, 0.05) is 31.0 Å². The van der Waals surface area contributed by atoms with Crippen LogP contribution in [0.3, 0.4) is 0 Å². The number of halogens is 3. The quantitative estimate of drug-likeness (QED) is 0.644. The van der Waals surface area contributed by atoms with Crippen molar-refractivity contribution in [3.8, 4) is 0 Å². The summed E-state index contributed by atoms with van der Waals surface area (Å²) in [4.78, 5) is 20.2. The van der Waals surface area contributed by atoms with Crippen molar-refractivity contribution < 1.29 is 22.7 Å². The molecule has 1 fully saturated rings. The zero-order chi connectivity index (χ0) is 21.9. The molecule has 0 spiro atoms. The van der Waals surface area contributed by atoms with E-state index in [2.05, 4.69) is 4.98 Å². The molecule has 0 aliphatic carbocycles. The maximum Gasteiger partial charge on any atom is 0.416 e. The lowest BCUT2D eigenvalue weighted by Crippen LogP contribution is -2.47. The number of hydrogen-bond acceptors (Lipinski definition) is 4. The van der Waals surface area contributed by atoms with Crippen LogP contribution in [0.5, 0.6) is 0 Å². The number of ether oxygens (including phenoxy) is 1. The third-order valence-electron chi connectivity index (χ3n) is 4.88. The van der Waals surface area contributed by atoms with Crippen LogP contribution in [0, 0.1) is 0 Å². The van der Waals surface area contributed by atoms with E-state index in [-0.39, 0.29) is 12.1 Å². The minimum atomic E-state index is -4.38. The Labute approximate surface area is 174 Å². The minimum Gasteiger partial charge on any atom is -0.444 e. The molecule has 0 saturated carbocycles. The molecule has 1 aliphatic rings. The van der Waals surface area contributed by atoms with Crippen LogP contribution in [0.2, 0.25) is 0 Å². The van der Waals surface area contributed by atoms with Gasteiger partial charge in [-0.1, -0.05) is 0 Å². The van der Waals surface area contributed by atoms with Crippen LogP contribution in [0.15, 0.2) is 48.8 Å². The van der Waals surface area contributed by atoms with Gasteiger partial charge in [-0.25, -0.2) is 4.79 Å². The summed E-state index contributed by atoms with van der Waals surface area (Å²) in [5, 5.41) is 0. The molecule has 1 saturated heterocycles. The molecule has 2 aromatic rings. The van der Waals surface area contributed by atoms with Gasteiger partial charge in [0.25, 0.3) is 0 Å². The second-order valence-electron chi connectivity index (χ2n) is 8.32. The normalized spacial score (nSPS) is 15.7. The Bertz CT molecular complexity index is 841. The lowest BCUT2D eigenvalue weighted by molar-refractivity contribution is -0.137. The van der Waals surface area contributed by atoms with E-state index in [1.54, 1.807) is 23.4 Å². The number of carbonyl (C=O) groups is 1. The highest BCUT2D eigenvalue weighted by Crippen LogP contribution is 2.35. The minimum absolute atomic E-state index is 0.0182. The highest BCUT2D eigenvalue weighted by Gasteiger charge is 2.32. The van der Waals surface area contributed by atoms with Crippen molar-refractivity contribution in [2.75, 3.05) is 18.0 Å². The molecule has 1 aromatic heterocycles. The number of benzene rings is 1. The first-order valence-electron chi connectivity index (χ1n) is 9.89. The smallest absolute Gasteiger partial charge is 0.416 e. The number of rotatable bonds is 3. The van der Waals surface area contributed by atoms with Crippen LogP contribution in [0.1, 0.15) is 39.2 Å². The van der Waals surface area contributed by atoms with Crippen LogP contribution in [-0.4, -0.2) is 40.7 Å². The van der Waals surface area contributed by atoms with Gasteiger partial charge in [0.2, 0.25) is 0 Å². The fraction of sp³-hybridized carbons (Fsp3) is 0.455. The van der Waals surface area contributed by atoms with Crippen molar-refractivity contribution in [3.05, 3.63) is 54.4 Å². The molecule has 8 heteroatoms. The van der Waals surface area contributed by atoms with E-state index in [0.29, 0.717) is 31.6 Å². The fourth-order valence-electron chi connectivity index (χ4n) is 3.51. The Kier molecular flexibility index (Phi) is 6.24. The van der Waals surface area contributed by atoms with E-state index in [9.17, 15) is 18.0 Å². The fourth-order valence-corrected chi connectivity index (χ4v) is 3.51. The summed E-state index contributed by atoms with van der Waals surface area (Å²) in [7, 11) is 0. The first kappa shape index (κ1) is 21.9. The number of carbonyl (C=O) groups excluding carboxylic acids is 1. The van der Waals surface area contributed by atoms with Crippen LogP contribution in [0.4, 0.5) is 29.3 Å². The summed E-state index contributed by atoms with van der Waals surface area (Å²) >= 11 is 0. The predicted molar refractivity (Wildman–Crippen MR) is 109 cm³/mol. The van der Waals surface area contributed by atoms with E-state index >= 15 is 0 Å². The lowest BCUT2D eigenvalue weighted by Gasteiger charge is -2.40. The zero-order valence-corrected chi connectivity index (χ0v) is 17.3. The predicted octanol–water partition coefficient (Wildman–Crippen LogP) is 5.64. The summed E-state index contributed by atoms with van der Waals surface area (Å²) in [6.45, 7) is 6.50. The van der Waals surface area contributed by atoms with Gasteiger partial charge < -0.3 is 14.5 Å². The van der Waals surface area contributed by atoms with Crippen LogP contribution < -0.4 is 4.90 Å². The molecule has 0 atom stereocenters. The Balaban J connectivity index is 1.79. The standard InChI is InChI=1S/C22H26F3N3O2/c1-21(2,3)30-20(29)27-13-10-18(11-14-27)28(19-5-4-12-26-15-19)17-8-6-16(7-9-17)22(23,24)25/h4-9,12,15,18H,10-11,13-14H2,1-3H3. The van der Waals surface area contributed by atoms with Gasteiger partial charge in [-0.3, -0.25) is 4.98 Å². The summed E-state index contributed by atoms with van der Waals surface area (Å²) in [5.41, 5.74) is 0.215. The molecule has 0 N–H and O–H groups in total. The molecular formula is C22H26F3N3O2. The van der Waals surface area contributed by atoms with E-state index in [0.717, 1.165) is 17.8 Å². The third kappa shape index (κ3) is 5.43. The number of pyridine rings is 1. The molecular weight excluding hydrogens is 395 g/mol. The van der Waals surface area contributed by atoms with Gasteiger partial charge in [0.15, 0.2) is 0 Å². The highest BCUT2D eigenvalue weighted by molar-refractivity contribution is 5.69.